The largest absolute Gasteiger partial charge is 0.329 e. The third-order valence-corrected chi connectivity index (χ3v) is 6.07. The Kier molecular flexibility index (Phi) is 4.81. The molecule has 1 heterocycles. The second-order valence-corrected chi connectivity index (χ2v) is 7.51. The molecule has 0 saturated carbocycles. The van der Waals surface area contributed by atoms with Gasteiger partial charge >= 0.3 is 0 Å². The van der Waals surface area contributed by atoms with Gasteiger partial charge in [0.25, 0.3) is 0 Å². The minimum absolute atomic E-state index is 0.144. The van der Waals surface area contributed by atoms with Crippen molar-refractivity contribution in [3.05, 3.63) is 29.8 Å². The van der Waals surface area contributed by atoms with E-state index in [1.54, 1.807) is 12.1 Å². The van der Waals surface area contributed by atoms with E-state index in [0.29, 0.717) is 18.7 Å². The maximum Gasteiger partial charge on any atom is 0.243 e. The number of piperidine rings is 1. The molecule has 0 spiro atoms. The van der Waals surface area contributed by atoms with Crippen molar-refractivity contribution >= 4 is 15.8 Å². The molecule has 0 bridgehead atoms. The third kappa shape index (κ3) is 3.17. The van der Waals surface area contributed by atoms with E-state index < -0.39 is 10.0 Å². The molecule has 2 rings (SSSR count). The highest BCUT2D eigenvalue weighted by molar-refractivity contribution is 7.89. The summed E-state index contributed by atoms with van der Waals surface area (Å²) in [6.07, 6.45) is 1.82. The molecule has 2 atom stereocenters. The average Bonchev–Trinajstić information content (AvgIpc) is 2.47. The second kappa shape index (κ2) is 6.25. The van der Waals surface area contributed by atoms with E-state index in [1.807, 2.05) is 6.92 Å². The minimum Gasteiger partial charge on any atom is -0.329 e. The monoisotopic (exact) mass is 310 g/mol. The van der Waals surface area contributed by atoms with Crippen LogP contribution in [0.1, 0.15) is 37.0 Å². The van der Waals surface area contributed by atoms with E-state index in [9.17, 15) is 13.2 Å². The van der Waals surface area contributed by atoms with E-state index in [2.05, 4.69) is 0 Å². The zero-order chi connectivity index (χ0) is 15.6. The zero-order valence-electron chi connectivity index (χ0n) is 12.5. The first-order valence-electron chi connectivity index (χ1n) is 7.21. The van der Waals surface area contributed by atoms with Crippen LogP contribution >= 0.6 is 0 Å². The number of rotatable bonds is 4. The van der Waals surface area contributed by atoms with E-state index in [-0.39, 0.29) is 22.6 Å². The fraction of sp³-hybridized carbons (Fsp3) is 0.533. The summed E-state index contributed by atoms with van der Waals surface area (Å²) in [5, 5.41) is 0. The first-order chi connectivity index (χ1) is 9.87. The number of hydrogen-bond donors (Lipinski definition) is 1. The lowest BCUT2D eigenvalue weighted by Crippen LogP contribution is -2.51. The maximum absolute atomic E-state index is 12.8. The maximum atomic E-state index is 12.8. The van der Waals surface area contributed by atoms with Gasteiger partial charge < -0.3 is 5.73 Å². The van der Waals surface area contributed by atoms with E-state index in [0.717, 1.165) is 12.8 Å². The van der Waals surface area contributed by atoms with Gasteiger partial charge in [-0.3, -0.25) is 4.79 Å². The molecule has 1 saturated heterocycles. The van der Waals surface area contributed by atoms with Gasteiger partial charge in [0, 0.05) is 24.7 Å². The van der Waals surface area contributed by atoms with Crippen molar-refractivity contribution in [1.29, 1.82) is 0 Å². The van der Waals surface area contributed by atoms with Crippen LogP contribution in [0.2, 0.25) is 0 Å². The highest BCUT2D eigenvalue weighted by Gasteiger charge is 2.36. The van der Waals surface area contributed by atoms with E-state index in [4.69, 9.17) is 5.73 Å². The van der Waals surface area contributed by atoms with Gasteiger partial charge in [-0.2, -0.15) is 4.31 Å². The normalized spacial score (nSPS) is 24.0. The lowest BCUT2D eigenvalue weighted by molar-refractivity contribution is 0.101. The summed E-state index contributed by atoms with van der Waals surface area (Å²) in [6.45, 7) is 4.26. The SMILES string of the molecule is CC(=O)c1cccc(S(=O)(=O)N2CCCC(C)C2CN)c1. The number of benzene rings is 1. The van der Waals surface area contributed by atoms with Crippen LogP contribution in [0.4, 0.5) is 0 Å². The van der Waals surface area contributed by atoms with Crippen molar-refractivity contribution in [3.63, 3.8) is 0 Å². The summed E-state index contributed by atoms with van der Waals surface area (Å²) < 4.78 is 27.2. The number of carbonyl (C=O) groups excluding carboxylic acids is 1. The first kappa shape index (κ1) is 16.1. The number of carbonyl (C=O) groups is 1. The first-order valence-corrected chi connectivity index (χ1v) is 8.65. The average molecular weight is 310 g/mol. The van der Waals surface area contributed by atoms with Gasteiger partial charge in [0.2, 0.25) is 10.0 Å². The van der Waals surface area contributed by atoms with E-state index in [1.165, 1.54) is 23.4 Å². The summed E-state index contributed by atoms with van der Waals surface area (Å²) in [4.78, 5) is 11.6. The Labute approximate surface area is 126 Å². The molecule has 1 aliphatic rings. The van der Waals surface area contributed by atoms with Crippen LogP contribution in [0, 0.1) is 5.92 Å². The second-order valence-electron chi connectivity index (χ2n) is 5.62. The Morgan fingerprint density at radius 3 is 2.76 bits per heavy atom. The van der Waals surface area contributed by atoms with Crippen molar-refractivity contribution in [3.8, 4) is 0 Å². The summed E-state index contributed by atoms with van der Waals surface area (Å²) in [6, 6.07) is 6.04. The Bertz CT molecular complexity index is 628. The number of sulfonamides is 1. The van der Waals surface area contributed by atoms with Crippen molar-refractivity contribution in [2.45, 2.75) is 37.6 Å². The molecule has 0 radical (unpaired) electrons. The molecule has 5 nitrogen and oxygen atoms in total. The van der Waals surface area contributed by atoms with Gasteiger partial charge in [-0.25, -0.2) is 8.42 Å². The number of nitrogens with two attached hydrogens (primary N) is 1. The predicted octanol–water partition coefficient (Wildman–Crippen LogP) is 1.64. The number of nitrogens with zero attached hydrogens (tertiary/aromatic N) is 1. The molecule has 1 fully saturated rings. The fourth-order valence-corrected chi connectivity index (χ4v) is 4.69. The fourth-order valence-electron chi connectivity index (χ4n) is 2.87. The van der Waals surface area contributed by atoms with Gasteiger partial charge in [-0.05, 0) is 37.8 Å². The van der Waals surface area contributed by atoms with Gasteiger partial charge in [-0.15, -0.1) is 0 Å². The third-order valence-electron chi connectivity index (χ3n) is 4.15. The number of hydrogen-bond acceptors (Lipinski definition) is 4. The van der Waals surface area contributed by atoms with Crippen LogP contribution in [-0.4, -0.2) is 37.6 Å². The molecule has 21 heavy (non-hydrogen) atoms. The number of Topliss-reactive ketones (excluding diaryl/α,β-unsaturated/α-hetero) is 1. The summed E-state index contributed by atoms with van der Waals surface area (Å²) in [5.74, 6) is 0.101. The van der Waals surface area contributed by atoms with Crippen LogP contribution < -0.4 is 5.73 Å². The van der Waals surface area contributed by atoms with Crippen LogP contribution in [-0.2, 0) is 10.0 Å². The highest BCUT2D eigenvalue weighted by Crippen LogP contribution is 2.28. The molecule has 116 valence electrons. The quantitative estimate of drug-likeness (QED) is 0.857. The predicted molar refractivity (Wildman–Crippen MR) is 81.6 cm³/mol. The zero-order valence-corrected chi connectivity index (χ0v) is 13.3. The molecule has 2 unspecified atom stereocenters. The Morgan fingerprint density at radius 1 is 1.43 bits per heavy atom. The Balaban J connectivity index is 2.41. The van der Waals surface area contributed by atoms with Crippen molar-refractivity contribution in [2.75, 3.05) is 13.1 Å². The highest BCUT2D eigenvalue weighted by atomic mass is 32.2. The van der Waals surface area contributed by atoms with Crippen LogP contribution in [0.5, 0.6) is 0 Å². The van der Waals surface area contributed by atoms with Crippen LogP contribution in [0.25, 0.3) is 0 Å². The summed E-state index contributed by atoms with van der Waals surface area (Å²) in [5.41, 5.74) is 6.18. The summed E-state index contributed by atoms with van der Waals surface area (Å²) >= 11 is 0. The molecule has 2 N–H and O–H groups in total. The topological polar surface area (TPSA) is 80.5 Å². The Morgan fingerprint density at radius 2 is 2.14 bits per heavy atom. The molecule has 0 amide bonds. The van der Waals surface area contributed by atoms with Crippen LogP contribution in [0.3, 0.4) is 0 Å². The lowest BCUT2D eigenvalue weighted by Gasteiger charge is -2.38. The van der Waals surface area contributed by atoms with Crippen molar-refractivity contribution in [1.82, 2.24) is 4.31 Å². The van der Waals surface area contributed by atoms with Gasteiger partial charge in [0.1, 0.15) is 0 Å². The number of ketones is 1. The van der Waals surface area contributed by atoms with Crippen LogP contribution in [0.15, 0.2) is 29.2 Å². The standard InChI is InChI=1S/C15H22N2O3S/c1-11-5-4-8-17(15(11)10-16)21(19,20)14-7-3-6-13(9-14)12(2)18/h3,6-7,9,11,15H,4-5,8,10,16H2,1-2H3. The summed E-state index contributed by atoms with van der Waals surface area (Å²) in [7, 11) is -3.61. The minimum atomic E-state index is -3.61. The molecule has 0 aromatic heterocycles. The van der Waals surface area contributed by atoms with Gasteiger partial charge in [-0.1, -0.05) is 19.1 Å². The van der Waals surface area contributed by atoms with Gasteiger partial charge in [0.15, 0.2) is 5.78 Å². The van der Waals surface area contributed by atoms with E-state index >= 15 is 0 Å². The lowest BCUT2D eigenvalue weighted by atomic mass is 9.93. The molecule has 6 heteroatoms. The Hall–Kier alpha value is -1.24. The molecule has 1 aromatic rings. The van der Waals surface area contributed by atoms with Gasteiger partial charge in [0.05, 0.1) is 4.90 Å². The van der Waals surface area contributed by atoms with Crippen molar-refractivity contribution in [2.24, 2.45) is 11.7 Å². The molecule has 0 aliphatic carbocycles. The molecule has 1 aromatic carbocycles. The smallest absolute Gasteiger partial charge is 0.243 e. The molecular formula is C15H22N2O3S. The molecular weight excluding hydrogens is 288 g/mol. The molecule has 1 aliphatic heterocycles. The van der Waals surface area contributed by atoms with Crippen molar-refractivity contribution < 1.29 is 13.2 Å².